The summed E-state index contributed by atoms with van der Waals surface area (Å²) < 4.78 is 10.9. The van der Waals surface area contributed by atoms with Crippen molar-refractivity contribution in [2.75, 3.05) is 19.8 Å². The average Bonchev–Trinajstić information content (AvgIpc) is 2.98. The van der Waals surface area contributed by atoms with Crippen LogP contribution in [-0.2, 0) is 14.4 Å². The molecule has 1 aliphatic rings. The Morgan fingerprint density at radius 1 is 1.45 bits per heavy atom. The summed E-state index contributed by atoms with van der Waals surface area (Å²) in [5.41, 5.74) is 6.05. The molecular formula is C15H20N2O5. The molecule has 0 saturated carbocycles. The number of carbonyl (C=O) groups is 1. The van der Waals surface area contributed by atoms with Crippen molar-refractivity contribution in [1.82, 2.24) is 0 Å². The Morgan fingerprint density at radius 3 is 2.91 bits per heavy atom. The molecule has 7 nitrogen and oxygen atoms in total. The van der Waals surface area contributed by atoms with Gasteiger partial charge in [-0.05, 0) is 25.1 Å². The first-order chi connectivity index (χ1) is 10.7. The molecule has 0 saturated heterocycles. The van der Waals surface area contributed by atoms with E-state index < -0.39 is 18.2 Å². The largest absolute Gasteiger partial charge is 0.478 e. The fraction of sp³-hybridized carbons (Fsp3) is 0.467. The van der Waals surface area contributed by atoms with E-state index in [4.69, 9.17) is 20.0 Å². The van der Waals surface area contributed by atoms with E-state index in [-0.39, 0.29) is 0 Å². The molecule has 0 spiro atoms. The molecule has 1 aliphatic heterocycles. The van der Waals surface area contributed by atoms with Crippen LogP contribution < -0.4 is 10.5 Å². The van der Waals surface area contributed by atoms with Gasteiger partial charge in [-0.2, -0.15) is 0 Å². The van der Waals surface area contributed by atoms with Gasteiger partial charge in [-0.15, -0.1) is 0 Å². The van der Waals surface area contributed by atoms with E-state index in [0.717, 1.165) is 6.42 Å². The van der Waals surface area contributed by atoms with Gasteiger partial charge < -0.3 is 25.2 Å². The van der Waals surface area contributed by atoms with E-state index >= 15 is 0 Å². The maximum Gasteiger partial charge on any atom is 0.348 e. The number of carboxylic acid groups (broad SMARTS) is 1. The minimum Gasteiger partial charge on any atom is -0.478 e. The molecule has 120 valence electrons. The van der Waals surface area contributed by atoms with Crippen LogP contribution in [0.25, 0.3) is 0 Å². The number of nitrogens with zero attached hydrogens (tertiary/aromatic N) is 1. The van der Waals surface area contributed by atoms with Gasteiger partial charge in [-0.3, -0.25) is 0 Å². The van der Waals surface area contributed by atoms with Crippen LogP contribution in [0.5, 0.6) is 5.75 Å². The van der Waals surface area contributed by atoms with Crippen molar-refractivity contribution in [3.8, 4) is 5.75 Å². The van der Waals surface area contributed by atoms with Crippen LogP contribution in [0.3, 0.4) is 0 Å². The summed E-state index contributed by atoms with van der Waals surface area (Å²) in [5, 5.41) is 13.2. The number of oxime groups is 1. The van der Waals surface area contributed by atoms with Gasteiger partial charge in [-0.25, -0.2) is 4.79 Å². The molecule has 7 heteroatoms. The summed E-state index contributed by atoms with van der Waals surface area (Å²) >= 11 is 0. The summed E-state index contributed by atoms with van der Waals surface area (Å²) in [6.45, 7) is 1.43. The van der Waals surface area contributed by atoms with Gasteiger partial charge >= 0.3 is 5.97 Å². The molecule has 1 heterocycles. The lowest BCUT2D eigenvalue weighted by Crippen LogP contribution is -2.39. The zero-order valence-corrected chi connectivity index (χ0v) is 12.2. The third-order valence-electron chi connectivity index (χ3n) is 3.10. The molecule has 0 fully saturated rings. The quantitative estimate of drug-likeness (QED) is 0.660. The Labute approximate surface area is 128 Å². The van der Waals surface area contributed by atoms with Crippen molar-refractivity contribution in [1.29, 1.82) is 0 Å². The fourth-order valence-electron chi connectivity index (χ4n) is 2.00. The average molecular weight is 308 g/mol. The molecule has 22 heavy (non-hydrogen) atoms. The van der Waals surface area contributed by atoms with Crippen LogP contribution in [0.2, 0.25) is 0 Å². The maximum absolute atomic E-state index is 11.4. The molecule has 1 aromatic rings. The third kappa shape index (κ3) is 4.71. The monoisotopic (exact) mass is 308 g/mol. The number of benzene rings is 1. The second-order valence-corrected chi connectivity index (χ2v) is 4.89. The molecule has 0 aromatic heterocycles. The normalized spacial score (nSPS) is 18.4. The summed E-state index contributed by atoms with van der Waals surface area (Å²) in [6, 6.07) is 8.77. The predicted molar refractivity (Wildman–Crippen MR) is 79.9 cm³/mol. The molecule has 0 radical (unpaired) electrons. The van der Waals surface area contributed by atoms with Gasteiger partial charge in [0.1, 0.15) is 5.75 Å². The SMILES string of the molecule is NCCCOCC1=NOC(C(Oc2ccccc2)C(=O)O)C1. The number of rotatable bonds is 9. The number of nitrogens with two attached hydrogens (primary N) is 1. The van der Waals surface area contributed by atoms with Crippen molar-refractivity contribution in [2.45, 2.75) is 25.0 Å². The third-order valence-corrected chi connectivity index (χ3v) is 3.10. The Hall–Kier alpha value is -2.12. The van der Waals surface area contributed by atoms with Gasteiger partial charge in [0.05, 0.1) is 12.3 Å². The highest BCUT2D eigenvalue weighted by Crippen LogP contribution is 2.20. The van der Waals surface area contributed by atoms with Crippen LogP contribution in [0.1, 0.15) is 12.8 Å². The number of hydrogen-bond acceptors (Lipinski definition) is 6. The first-order valence-electron chi connectivity index (χ1n) is 7.14. The first kappa shape index (κ1) is 16.3. The number of carboxylic acids is 1. The second kappa shape index (κ2) is 8.35. The number of hydrogen-bond donors (Lipinski definition) is 2. The Balaban J connectivity index is 1.85. The molecule has 0 bridgehead atoms. The molecule has 3 N–H and O–H groups in total. The van der Waals surface area contributed by atoms with Crippen LogP contribution in [0, 0.1) is 0 Å². The van der Waals surface area contributed by atoms with Crippen LogP contribution >= 0.6 is 0 Å². The van der Waals surface area contributed by atoms with E-state index in [2.05, 4.69) is 5.16 Å². The molecular weight excluding hydrogens is 288 g/mol. The molecule has 0 amide bonds. The second-order valence-electron chi connectivity index (χ2n) is 4.89. The smallest absolute Gasteiger partial charge is 0.348 e. The van der Waals surface area contributed by atoms with Crippen molar-refractivity contribution in [3.63, 3.8) is 0 Å². The summed E-state index contributed by atoms with van der Waals surface area (Å²) in [4.78, 5) is 16.6. The lowest BCUT2D eigenvalue weighted by molar-refractivity contribution is -0.151. The van der Waals surface area contributed by atoms with Gasteiger partial charge in [0.15, 0.2) is 6.10 Å². The summed E-state index contributed by atoms with van der Waals surface area (Å²) in [6.07, 6.45) is -0.641. The maximum atomic E-state index is 11.4. The predicted octanol–water partition coefficient (Wildman–Crippen LogP) is 1.03. The highest BCUT2D eigenvalue weighted by molar-refractivity contribution is 5.87. The minimum atomic E-state index is -1.12. The fourth-order valence-corrected chi connectivity index (χ4v) is 2.00. The van der Waals surface area contributed by atoms with E-state index in [1.165, 1.54) is 0 Å². The summed E-state index contributed by atoms with van der Waals surface area (Å²) in [7, 11) is 0. The summed E-state index contributed by atoms with van der Waals surface area (Å²) in [5.74, 6) is -0.611. The van der Waals surface area contributed by atoms with Crippen molar-refractivity contribution >= 4 is 11.7 Å². The van der Waals surface area contributed by atoms with E-state index in [1.54, 1.807) is 24.3 Å². The number of ether oxygens (including phenoxy) is 2. The Bertz CT molecular complexity index is 506. The zero-order valence-electron chi connectivity index (χ0n) is 12.2. The van der Waals surface area contributed by atoms with Crippen LogP contribution in [0.4, 0.5) is 0 Å². The van der Waals surface area contributed by atoms with Crippen molar-refractivity contribution < 1.29 is 24.2 Å². The van der Waals surface area contributed by atoms with Gasteiger partial charge in [0, 0.05) is 13.0 Å². The van der Waals surface area contributed by atoms with Gasteiger partial charge in [-0.1, -0.05) is 23.4 Å². The Morgan fingerprint density at radius 2 is 2.23 bits per heavy atom. The minimum absolute atomic E-state index is 0.314. The topological polar surface area (TPSA) is 103 Å². The standard InChI is InChI=1S/C15H20N2O5/c16-7-4-8-20-10-11-9-13(22-17-11)14(15(18)19)21-12-5-2-1-3-6-12/h1-3,5-6,13-14H,4,7-10,16H2,(H,18,19). The highest BCUT2D eigenvalue weighted by atomic mass is 16.7. The number of aliphatic carboxylic acids is 1. The Kier molecular flexibility index (Phi) is 6.17. The molecule has 0 aliphatic carbocycles. The molecule has 2 atom stereocenters. The number of para-hydroxylation sites is 1. The van der Waals surface area contributed by atoms with E-state index in [1.807, 2.05) is 6.07 Å². The van der Waals surface area contributed by atoms with Crippen LogP contribution in [0.15, 0.2) is 35.5 Å². The highest BCUT2D eigenvalue weighted by Gasteiger charge is 2.36. The molecule has 2 rings (SSSR count). The zero-order chi connectivity index (χ0) is 15.8. The van der Waals surface area contributed by atoms with E-state index in [0.29, 0.717) is 37.6 Å². The lowest BCUT2D eigenvalue weighted by atomic mass is 10.1. The first-order valence-corrected chi connectivity index (χ1v) is 7.14. The van der Waals surface area contributed by atoms with Crippen molar-refractivity contribution in [2.24, 2.45) is 10.9 Å². The lowest BCUT2D eigenvalue weighted by Gasteiger charge is -2.19. The van der Waals surface area contributed by atoms with Crippen molar-refractivity contribution in [3.05, 3.63) is 30.3 Å². The molecule has 2 unspecified atom stereocenters. The van der Waals surface area contributed by atoms with E-state index in [9.17, 15) is 9.90 Å². The van der Waals surface area contributed by atoms with Gasteiger partial charge in [0.2, 0.25) is 6.10 Å². The van der Waals surface area contributed by atoms with Crippen LogP contribution in [-0.4, -0.2) is 48.8 Å². The van der Waals surface area contributed by atoms with Gasteiger partial charge in [0.25, 0.3) is 0 Å². The molecule has 1 aromatic carbocycles.